The summed E-state index contributed by atoms with van der Waals surface area (Å²) < 4.78 is 1.93. The van der Waals surface area contributed by atoms with Gasteiger partial charge in [0, 0.05) is 13.0 Å². The van der Waals surface area contributed by atoms with Crippen molar-refractivity contribution < 1.29 is 0 Å². The Morgan fingerprint density at radius 3 is 2.58 bits per heavy atom. The topological polar surface area (TPSA) is 43.8 Å². The van der Waals surface area contributed by atoms with E-state index in [4.69, 9.17) is 17.3 Å². The van der Waals surface area contributed by atoms with E-state index in [1.54, 1.807) is 6.20 Å². The van der Waals surface area contributed by atoms with Crippen LogP contribution in [0.5, 0.6) is 0 Å². The van der Waals surface area contributed by atoms with Crippen LogP contribution in [0.1, 0.15) is 51.6 Å². The summed E-state index contributed by atoms with van der Waals surface area (Å²) >= 11 is 6.34. The third-order valence-corrected chi connectivity index (χ3v) is 5.10. The zero-order valence-corrected chi connectivity index (χ0v) is 13.2. The standard InChI is InChI=1S/C15H26ClN3/c1-15(2,3)11-6-5-10(8-17)12(7-11)14-13(16)9-18-19(14)4/h9-12H,5-8,17H2,1-4H3. The Balaban J connectivity index is 2.29. The van der Waals surface area contributed by atoms with Crippen LogP contribution in [0.25, 0.3) is 0 Å². The molecule has 1 aliphatic carbocycles. The maximum Gasteiger partial charge on any atom is 0.0820 e. The minimum atomic E-state index is 0.350. The van der Waals surface area contributed by atoms with Crippen molar-refractivity contribution in [2.75, 3.05) is 6.54 Å². The summed E-state index contributed by atoms with van der Waals surface area (Å²) in [5.41, 5.74) is 7.50. The zero-order valence-electron chi connectivity index (χ0n) is 12.5. The Kier molecular flexibility index (Phi) is 4.26. The van der Waals surface area contributed by atoms with E-state index < -0.39 is 0 Å². The van der Waals surface area contributed by atoms with Gasteiger partial charge in [-0.3, -0.25) is 4.68 Å². The normalized spacial score (nSPS) is 28.6. The van der Waals surface area contributed by atoms with Gasteiger partial charge in [-0.15, -0.1) is 0 Å². The van der Waals surface area contributed by atoms with Crippen LogP contribution in [-0.2, 0) is 7.05 Å². The van der Waals surface area contributed by atoms with Crippen molar-refractivity contribution in [3.05, 3.63) is 16.9 Å². The molecule has 108 valence electrons. The lowest BCUT2D eigenvalue weighted by Crippen LogP contribution is -2.34. The fraction of sp³-hybridized carbons (Fsp3) is 0.800. The first kappa shape index (κ1) is 14.9. The Labute approximate surface area is 121 Å². The third kappa shape index (κ3) is 2.97. The molecule has 19 heavy (non-hydrogen) atoms. The third-order valence-electron chi connectivity index (χ3n) is 4.81. The quantitative estimate of drug-likeness (QED) is 0.902. The lowest BCUT2D eigenvalue weighted by Gasteiger charge is -2.41. The molecule has 1 saturated carbocycles. The van der Waals surface area contributed by atoms with Crippen LogP contribution in [0.2, 0.25) is 5.02 Å². The van der Waals surface area contributed by atoms with Gasteiger partial charge in [-0.05, 0) is 43.1 Å². The first-order valence-electron chi connectivity index (χ1n) is 7.22. The summed E-state index contributed by atoms with van der Waals surface area (Å²) in [6, 6.07) is 0. The molecule has 1 fully saturated rings. The van der Waals surface area contributed by atoms with Crippen LogP contribution < -0.4 is 5.73 Å². The number of aryl methyl sites for hydroxylation is 1. The Morgan fingerprint density at radius 2 is 2.11 bits per heavy atom. The van der Waals surface area contributed by atoms with Gasteiger partial charge in [0.25, 0.3) is 0 Å². The maximum absolute atomic E-state index is 6.34. The van der Waals surface area contributed by atoms with Crippen LogP contribution in [0.3, 0.4) is 0 Å². The summed E-state index contributed by atoms with van der Waals surface area (Å²) in [7, 11) is 1.98. The van der Waals surface area contributed by atoms with Crippen molar-refractivity contribution >= 4 is 11.6 Å². The second-order valence-electron chi connectivity index (χ2n) is 6.98. The molecule has 1 aliphatic rings. The lowest BCUT2D eigenvalue weighted by atomic mass is 9.65. The van der Waals surface area contributed by atoms with Crippen molar-refractivity contribution in [1.82, 2.24) is 9.78 Å². The average molecular weight is 284 g/mol. The highest BCUT2D eigenvalue weighted by atomic mass is 35.5. The molecule has 1 heterocycles. The van der Waals surface area contributed by atoms with Gasteiger partial charge < -0.3 is 5.73 Å². The summed E-state index contributed by atoms with van der Waals surface area (Å²) in [5.74, 6) is 1.71. The molecule has 1 aromatic rings. The van der Waals surface area contributed by atoms with E-state index in [1.807, 2.05) is 11.7 Å². The van der Waals surface area contributed by atoms with Gasteiger partial charge in [0.1, 0.15) is 0 Å². The fourth-order valence-electron chi connectivity index (χ4n) is 3.47. The van der Waals surface area contributed by atoms with Gasteiger partial charge in [0.15, 0.2) is 0 Å². The second-order valence-corrected chi connectivity index (χ2v) is 7.39. The summed E-state index contributed by atoms with van der Waals surface area (Å²) in [4.78, 5) is 0. The molecule has 3 nitrogen and oxygen atoms in total. The van der Waals surface area contributed by atoms with Gasteiger partial charge >= 0.3 is 0 Å². The second kappa shape index (κ2) is 5.45. The molecule has 3 unspecified atom stereocenters. The SMILES string of the molecule is Cn1ncc(Cl)c1C1CC(C(C)(C)C)CCC1CN. The van der Waals surface area contributed by atoms with Gasteiger partial charge in [0.05, 0.1) is 16.9 Å². The minimum Gasteiger partial charge on any atom is -0.330 e. The largest absolute Gasteiger partial charge is 0.330 e. The predicted octanol–water partition coefficient (Wildman–Crippen LogP) is 3.58. The zero-order chi connectivity index (χ0) is 14.2. The molecule has 0 radical (unpaired) electrons. The predicted molar refractivity (Wildman–Crippen MR) is 80.3 cm³/mol. The van der Waals surface area contributed by atoms with Crippen molar-refractivity contribution in [2.24, 2.45) is 30.0 Å². The molecule has 0 aliphatic heterocycles. The highest BCUT2D eigenvalue weighted by Crippen LogP contribution is 2.47. The number of halogens is 1. The van der Waals surface area contributed by atoms with E-state index in [2.05, 4.69) is 25.9 Å². The summed E-state index contributed by atoms with van der Waals surface area (Å²) in [6.07, 6.45) is 5.40. The van der Waals surface area contributed by atoms with Crippen LogP contribution in [0, 0.1) is 17.3 Å². The molecule has 0 spiro atoms. The molecule has 4 heteroatoms. The van der Waals surface area contributed by atoms with Crippen molar-refractivity contribution in [2.45, 2.75) is 46.0 Å². The molecule has 0 aromatic carbocycles. The number of hydrogen-bond acceptors (Lipinski definition) is 2. The number of rotatable bonds is 2. The van der Waals surface area contributed by atoms with E-state index in [0.29, 0.717) is 17.3 Å². The molecule has 0 amide bonds. The molecule has 0 bridgehead atoms. The number of aromatic nitrogens is 2. The summed E-state index contributed by atoms with van der Waals surface area (Å²) in [5, 5.41) is 5.08. The van der Waals surface area contributed by atoms with E-state index in [0.717, 1.165) is 17.5 Å². The number of nitrogens with zero attached hydrogens (tertiary/aromatic N) is 2. The maximum atomic E-state index is 6.34. The van der Waals surface area contributed by atoms with Crippen molar-refractivity contribution in [3.63, 3.8) is 0 Å². The van der Waals surface area contributed by atoms with Gasteiger partial charge in [-0.2, -0.15) is 5.10 Å². The Morgan fingerprint density at radius 1 is 1.42 bits per heavy atom. The van der Waals surface area contributed by atoms with Gasteiger partial charge in [0.2, 0.25) is 0 Å². The average Bonchev–Trinajstić information content (AvgIpc) is 2.67. The van der Waals surface area contributed by atoms with Crippen LogP contribution >= 0.6 is 11.6 Å². The van der Waals surface area contributed by atoms with Gasteiger partial charge in [-0.1, -0.05) is 32.4 Å². The van der Waals surface area contributed by atoms with Crippen LogP contribution in [0.4, 0.5) is 0 Å². The highest BCUT2D eigenvalue weighted by Gasteiger charge is 2.37. The molecule has 2 rings (SSSR count). The van der Waals surface area contributed by atoms with Crippen LogP contribution in [-0.4, -0.2) is 16.3 Å². The first-order valence-corrected chi connectivity index (χ1v) is 7.59. The van der Waals surface area contributed by atoms with E-state index >= 15 is 0 Å². The highest BCUT2D eigenvalue weighted by molar-refractivity contribution is 6.31. The Bertz CT molecular complexity index is 414. The molecule has 1 aromatic heterocycles. The van der Waals surface area contributed by atoms with Gasteiger partial charge in [-0.25, -0.2) is 0 Å². The molecular weight excluding hydrogens is 258 g/mol. The monoisotopic (exact) mass is 283 g/mol. The van der Waals surface area contributed by atoms with E-state index in [1.165, 1.54) is 25.0 Å². The smallest absolute Gasteiger partial charge is 0.0820 e. The minimum absolute atomic E-state index is 0.350. The molecule has 2 N–H and O–H groups in total. The van der Waals surface area contributed by atoms with Crippen molar-refractivity contribution in [3.8, 4) is 0 Å². The molecular formula is C15H26ClN3. The van der Waals surface area contributed by atoms with E-state index in [9.17, 15) is 0 Å². The Hall–Kier alpha value is -0.540. The summed E-state index contributed by atoms with van der Waals surface area (Å²) in [6.45, 7) is 7.75. The number of hydrogen-bond donors (Lipinski definition) is 1. The van der Waals surface area contributed by atoms with Crippen molar-refractivity contribution in [1.29, 1.82) is 0 Å². The fourth-order valence-corrected chi connectivity index (χ4v) is 3.78. The van der Waals surface area contributed by atoms with E-state index in [-0.39, 0.29) is 0 Å². The molecule has 3 atom stereocenters. The first-order chi connectivity index (χ1) is 8.84. The lowest BCUT2D eigenvalue weighted by molar-refractivity contribution is 0.130. The number of nitrogens with two attached hydrogens (primary N) is 1. The van der Waals surface area contributed by atoms with Crippen LogP contribution in [0.15, 0.2) is 6.20 Å². The molecule has 0 saturated heterocycles.